The molecule has 3 heterocycles. The van der Waals surface area contributed by atoms with Gasteiger partial charge in [-0.3, -0.25) is 0 Å². The molecule has 1 aliphatic heterocycles. The van der Waals surface area contributed by atoms with E-state index in [-0.39, 0.29) is 10.3 Å². The van der Waals surface area contributed by atoms with Crippen LogP contribution in [0.1, 0.15) is 12.0 Å². The van der Waals surface area contributed by atoms with Gasteiger partial charge in [0.15, 0.2) is 5.82 Å². The van der Waals surface area contributed by atoms with Crippen LogP contribution < -0.4 is 10.2 Å². The van der Waals surface area contributed by atoms with Crippen molar-refractivity contribution in [2.45, 2.75) is 18.6 Å². The number of nitrogens with one attached hydrogen (secondary N) is 1. The third-order valence-corrected chi connectivity index (χ3v) is 6.01. The minimum atomic E-state index is -4.50. The van der Waals surface area contributed by atoms with Crippen LogP contribution in [0, 0.1) is 0 Å². The van der Waals surface area contributed by atoms with Crippen LogP contribution in [0.25, 0.3) is 11.4 Å². The fourth-order valence-electron chi connectivity index (χ4n) is 3.60. The fourth-order valence-corrected chi connectivity index (χ4v) is 4.05. The minimum Gasteiger partial charge on any atom is -0.355 e. The molecule has 4 rings (SSSR count). The number of aromatic nitrogens is 3. The maximum Gasteiger partial charge on any atom is 0.417 e. The molecule has 0 bridgehead atoms. The summed E-state index contributed by atoms with van der Waals surface area (Å²) < 4.78 is 39.8. The van der Waals surface area contributed by atoms with E-state index >= 15 is 0 Å². The Kier molecular flexibility index (Phi) is 6.34. The average Bonchev–Trinajstić information content (AvgIpc) is 3.26. The van der Waals surface area contributed by atoms with Crippen LogP contribution in [0.5, 0.6) is 0 Å². The van der Waals surface area contributed by atoms with Crippen LogP contribution in [0.15, 0.2) is 53.1 Å². The van der Waals surface area contributed by atoms with E-state index < -0.39 is 11.7 Å². The Balaban J connectivity index is 1.70. The quantitative estimate of drug-likeness (QED) is 0.512. The molecule has 0 aliphatic carbocycles. The van der Waals surface area contributed by atoms with Crippen LogP contribution >= 0.6 is 15.9 Å². The van der Waals surface area contributed by atoms with Gasteiger partial charge in [0, 0.05) is 41.4 Å². The van der Waals surface area contributed by atoms with Gasteiger partial charge in [0.1, 0.15) is 17.5 Å². The maximum atomic E-state index is 13.3. The second-order valence-electron chi connectivity index (χ2n) is 7.83. The zero-order valence-corrected chi connectivity index (χ0v) is 19.2. The SMILES string of the molecule is CN(C)[C@@H]1CCN(c2cc(Nc3cc(C(F)(F)F)c(Br)cn3)nc(-c3ccccc3)n2)C1. The van der Waals surface area contributed by atoms with Crippen LogP contribution in [0.2, 0.25) is 0 Å². The molecule has 1 atom stereocenters. The van der Waals surface area contributed by atoms with Gasteiger partial charge in [0.2, 0.25) is 0 Å². The summed E-state index contributed by atoms with van der Waals surface area (Å²) in [6.45, 7) is 1.65. The van der Waals surface area contributed by atoms with Crippen molar-refractivity contribution in [2.75, 3.05) is 37.4 Å². The van der Waals surface area contributed by atoms with Crippen LogP contribution in [-0.4, -0.2) is 53.1 Å². The molecule has 1 N–H and O–H groups in total. The number of rotatable bonds is 5. The molecule has 0 unspecified atom stereocenters. The zero-order valence-electron chi connectivity index (χ0n) is 17.6. The first kappa shape index (κ1) is 22.5. The molecule has 0 amide bonds. The zero-order chi connectivity index (χ0) is 22.9. The standard InChI is InChI=1S/C22H22BrF3N6/c1-31(2)15-8-9-32(13-15)20-11-19(29-21(30-20)14-6-4-3-5-7-14)28-18-10-16(22(24,25)26)17(23)12-27-18/h3-7,10-12,15H,8-9,13H2,1-2H3,(H,27,28,29,30)/t15-/m1/s1. The highest BCUT2D eigenvalue weighted by Crippen LogP contribution is 2.36. The molecule has 32 heavy (non-hydrogen) atoms. The molecule has 1 saturated heterocycles. The average molecular weight is 507 g/mol. The van der Waals surface area contributed by atoms with E-state index in [1.165, 1.54) is 0 Å². The number of halogens is 4. The smallest absolute Gasteiger partial charge is 0.355 e. The first-order chi connectivity index (χ1) is 15.2. The van der Waals surface area contributed by atoms with Gasteiger partial charge < -0.3 is 15.1 Å². The van der Waals surface area contributed by atoms with E-state index in [0.29, 0.717) is 17.7 Å². The van der Waals surface area contributed by atoms with E-state index in [2.05, 4.69) is 41.0 Å². The largest absolute Gasteiger partial charge is 0.417 e. The number of anilines is 3. The topological polar surface area (TPSA) is 57.2 Å². The second-order valence-corrected chi connectivity index (χ2v) is 8.68. The van der Waals surface area contributed by atoms with Crippen molar-refractivity contribution in [3.63, 3.8) is 0 Å². The molecule has 0 radical (unpaired) electrons. The number of benzene rings is 1. The molecule has 10 heteroatoms. The predicted octanol–water partition coefficient (Wildman–Crippen LogP) is 5.20. The lowest BCUT2D eigenvalue weighted by Crippen LogP contribution is -2.31. The molecule has 1 aliphatic rings. The minimum absolute atomic E-state index is 0.0526. The molecule has 2 aromatic heterocycles. The van der Waals surface area contributed by atoms with Crippen molar-refractivity contribution < 1.29 is 13.2 Å². The van der Waals surface area contributed by atoms with Crippen molar-refractivity contribution >= 4 is 33.4 Å². The summed E-state index contributed by atoms with van der Waals surface area (Å²) in [6, 6.07) is 12.6. The van der Waals surface area contributed by atoms with Gasteiger partial charge in [0.05, 0.1) is 5.56 Å². The number of hydrogen-bond donors (Lipinski definition) is 1. The molecular weight excluding hydrogens is 485 g/mol. The maximum absolute atomic E-state index is 13.3. The van der Waals surface area contributed by atoms with Crippen LogP contribution in [-0.2, 0) is 6.18 Å². The molecule has 3 aromatic rings. The van der Waals surface area contributed by atoms with E-state index in [1.54, 1.807) is 6.07 Å². The Hall–Kier alpha value is -2.72. The highest BCUT2D eigenvalue weighted by atomic mass is 79.9. The van der Waals surface area contributed by atoms with Crippen LogP contribution in [0.4, 0.5) is 30.6 Å². The molecule has 1 fully saturated rings. The van der Waals surface area contributed by atoms with E-state index in [4.69, 9.17) is 4.98 Å². The number of alkyl halides is 3. The van der Waals surface area contributed by atoms with Crippen molar-refractivity contribution in [3.8, 4) is 11.4 Å². The Morgan fingerprint density at radius 1 is 1.09 bits per heavy atom. The monoisotopic (exact) mass is 506 g/mol. The summed E-state index contributed by atoms with van der Waals surface area (Å²) in [5.74, 6) is 1.65. The van der Waals surface area contributed by atoms with Crippen molar-refractivity contribution in [3.05, 3.63) is 58.7 Å². The van der Waals surface area contributed by atoms with E-state index in [0.717, 1.165) is 43.2 Å². The Morgan fingerprint density at radius 2 is 1.84 bits per heavy atom. The number of hydrogen-bond acceptors (Lipinski definition) is 6. The summed E-state index contributed by atoms with van der Waals surface area (Å²) in [7, 11) is 4.10. The third-order valence-electron chi connectivity index (χ3n) is 5.38. The Morgan fingerprint density at radius 3 is 2.50 bits per heavy atom. The van der Waals surface area contributed by atoms with Gasteiger partial charge >= 0.3 is 6.18 Å². The van der Waals surface area contributed by atoms with Gasteiger partial charge in [-0.15, -0.1) is 0 Å². The van der Waals surface area contributed by atoms with E-state index in [1.807, 2.05) is 44.4 Å². The normalized spacial score (nSPS) is 16.6. The molecule has 0 saturated carbocycles. The van der Waals surface area contributed by atoms with Crippen molar-refractivity contribution in [1.82, 2.24) is 19.9 Å². The second kappa shape index (κ2) is 9.03. The lowest BCUT2D eigenvalue weighted by molar-refractivity contribution is -0.138. The Bertz CT molecular complexity index is 1090. The summed E-state index contributed by atoms with van der Waals surface area (Å²) in [5, 5.41) is 2.93. The lowest BCUT2D eigenvalue weighted by atomic mass is 10.2. The highest BCUT2D eigenvalue weighted by molar-refractivity contribution is 9.10. The molecule has 1 aromatic carbocycles. The van der Waals surface area contributed by atoms with Gasteiger partial charge in [-0.25, -0.2) is 15.0 Å². The van der Waals surface area contributed by atoms with Crippen LogP contribution in [0.3, 0.4) is 0 Å². The van der Waals surface area contributed by atoms with Gasteiger partial charge in [-0.05, 0) is 42.5 Å². The summed E-state index contributed by atoms with van der Waals surface area (Å²) in [6.07, 6.45) is -2.36. The number of likely N-dealkylation sites (N-methyl/N-ethyl adjacent to an activating group) is 1. The first-order valence-corrected chi connectivity index (χ1v) is 10.9. The van der Waals surface area contributed by atoms with Gasteiger partial charge in [0.25, 0.3) is 0 Å². The third kappa shape index (κ3) is 5.02. The molecule has 0 spiro atoms. The van der Waals surface area contributed by atoms with Gasteiger partial charge in [-0.1, -0.05) is 30.3 Å². The number of nitrogens with zero attached hydrogens (tertiary/aromatic N) is 5. The summed E-state index contributed by atoms with van der Waals surface area (Å²) in [5.41, 5.74) is 0.0152. The fraction of sp³-hybridized carbons (Fsp3) is 0.318. The first-order valence-electron chi connectivity index (χ1n) is 10.1. The Labute approximate surface area is 192 Å². The predicted molar refractivity (Wildman–Crippen MR) is 122 cm³/mol. The number of pyridine rings is 1. The van der Waals surface area contributed by atoms with E-state index in [9.17, 15) is 13.2 Å². The summed E-state index contributed by atoms with van der Waals surface area (Å²) in [4.78, 5) is 17.7. The molecule has 6 nitrogen and oxygen atoms in total. The molecule has 168 valence electrons. The lowest BCUT2D eigenvalue weighted by Gasteiger charge is -2.22. The molecular formula is C22H22BrF3N6. The van der Waals surface area contributed by atoms with Crippen molar-refractivity contribution in [1.29, 1.82) is 0 Å². The van der Waals surface area contributed by atoms with Crippen molar-refractivity contribution in [2.24, 2.45) is 0 Å². The highest BCUT2D eigenvalue weighted by Gasteiger charge is 2.33. The summed E-state index contributed by atoms with van der Waals surface area (Å²) >= 11 is 2.92. The van der Waals surface area contributed by atoms with Gasteiger partial charge in [-0.2, -0.15) is 13.2 Å².